The Labute approximate surface area is 217 Å². The summed E-state index contributed by atoms with van der Waals surface area (Å²) in [7, 11) is 1.82. The molecule has 3 aromatic rings. The third-order valence-corrected chi connectivity index (χ3v) is 7.99. The van der Waals surface area contributed by atoms with Crippen LogP contribution < -0.4 is 10.2 Å². The number of benzene rings is 1. The number of nitrogens with one attached hydrogen (secondary N) is 1. The molecule has 2 aliphatic carbocycles. The number of carbonyl (C=O) groups excluding carboxylic acids is 1. The third-order valence-electron chi connectivity index (χ3n) is 7.99. The van der Waals surface area contributed by atoms with E-state index in [1.54, 1.807) is 17.4 Å². The Bertz CT molecular complexity index is 1240. The van der Waals surface area contributed by atoms with Gasteiger partial charge in [0.25, 0.3) is 0 Å². The van der Waals surface area contributed by atoms with Crippen LogP contribution in [0.2, 0.25) is 0 Å². The monoisotopic (exact) mass is 499 g/mol. The molecule has 7 rings (SSSR count). The number of amides is 1. The van der Waals surface area contributed by atoms with Crippen molar-refractivity contribution in [1.82, 2.24) is 24.8 Å². The van der Waals surface area contributed by atoms with Crippen LogP contribution in [0.25, 0.3) is 0 Å². The van der Waals surface area contributed by atoms with Crippen LogP contribution in [0.3, 0.4) is 0 Å². The van der Waals surface area contributed by atoms with Gasteiger partial charge in [0, 0.05) is 55.5 Å². The van der Waals surface area contributed by atoms with Crippen molar-refractivity contribution in [2.75, 3.05) is 30.4 Å². The number of ether oxygens (including phenoxy) is 1. The Kier molecular flexibility index (Phi) is 6.36. The zero-order valence-corrected chi connectivity index (χ0v) is 21.2. The molecule has 0 radical (unpaired) electrons. The SMILES string of the molecule is CN(CC12CC(C1)N(c1nccc(Nc3cc(C4CCCC4)ncn3)n1)C2)C(=O)OCc1ccccc1. The van der Waals surface area contributed by atoms with Gasteiger partial charge in [-0.3, -0.25) is 0 Å². The fourth-order valence-electron chi connectivity index (χ4n) is 6.16. The minimum Gasteiger partial charge on any atom is -0.445 e. The normalized spacial score (nSPS) is 22.5. The number of hydrogen-bond acceptors (Lipinski definition) is 8. The van der Waals surface area contributed by atoms with E-state index in [0.717, 1.165) is 42.3 Å². The highest BCUT2D eigenvalue weighted by molar-refractivity contribution is 5.67. The highest BCUT2D eigenvalue weighted by Crippen LogP contribution is 2.53. The van der Waals surface area contributed by atoms with Crippen LogP contribution in [0.15, 0.2) is 55.0 Å². The summed E-state index contributed by atoms with van der Waals surface area (Å²) in [6.45, 7) is 1.78. The molecule has 2 aromatic heterocycles. The van der Waals surface area contributed by atoms with Gasteiger partial charge in [0.05, 0.1) is 0 Å². The molecule has 2 aliphatic heterocycles. The molecular formula is C28H33N7O2. The van der Waals surface area contributed by atoms with Crippen LogP contribution in [0, 0.1) is 5.41 Å². The van der Waals surface area contributed by atoms with E-state index in [0.29, 0.717) is 24.5 Å². The lowest BCUT2D eigenvalue weighted by Crippen LogP contribution is -2.44. The van der Waals surface area contributed by atoms with Crippen LogP contribution >= 0.6 is 0 Å². The van der Waals surface area contributed by atoms with Crippen LogP contribution in [-0.4, -0.2) is 57.1 Å². The summed E-state index contributed by atoms with van der Waals surface area (Å²) in [5.74, 6) is 2.74. The predicted molar refractivity (Wildman–Crippen MR) is 141 cm³/mol. The minimum absolute atomic E-state index is 0.0564. The predicted octanol–water partition coefficient (Wildman–Crippen LogP) is 4.91. The second-order valence-corrected chi connectivity index (χ2v) is 10.8. The van der Waals surface area contributed by atoms with Crippen LogP contribution in [0.5, 0.6) is 0 Å². The maximum Gasteiger partial charge on any atom is 0.409 e. The molecule has 37 heavy (non-hydrogen) atoms. The second-order valence-electron chi connectivity index (χ2n) is 10.8. The van der Waals surface area contributed by atoms with Gasteiger partial charge in [0.2, 0.25) is 5.95 Å². The fourth-order valence-corrected chi connectivity index (χ4v) is 6.16. The fraction of sp³-hybridized carbons (Fsp3) is 0.464. The topological polar surface area (TPSA) is 96.4 Å². The summed E-state index contributed by atoms with van der Waals surface area (Å²) in [5.41, 5.74) is 2.15. The Balaban J connectivity index is 1.06. The number of nitrogens with zero attached hydrogens (tertiary/aromatic N) is 6. The first-order valence-corrected chi connectivity index (χ1v) is 13.2. The van der Waals surface area contributed by atoms with Gasteiger partial charge >= 0.3 is 6.09 Å². The smallest absolute Gasteiger partial charge is 0.409 e. The third kappa shape index (κ3) is 5.08. The minimum atomic E-state index is -0.288. The van der Waals surface area contributed by atoms with Crippen molar-refractivity contribution < 1.29 is 9.53 Å². The molecule has 2 saturated heterocycles. The van der Waals surface area contributed by atoms with Crippen molar-refractivity contribution in [2.45, 2.75) is 57.1 Å². The lowest BCUT2D eigenvalue weighted by Gasteiger charge is -2.39. The van der Waals surface area contributed by atoms with E-state index in [1.807, 2.05) is 49.5 Å². The van der Waals surface area contributed by atoms with E-state index in [1.165, 1.54) is 25.7 Å². The lowest BCUT2D eigenvalue weighted by molar-refractivity contribution is 0.0747. The zero-order valence-electron chi connectivity index (χ0n) is 21.2. The van der Waals surface area contributed by atoms with Gasteiger partial charge in [-0.25, -0.2) is 19.7 Å². The highest BCUT2D eigenvalue weighted by atomic mass is 16.6. The van der Waals surface area contributed by atoms with Gasteiger partial charge in [0.15, 0.2) is 0 Å². The van der Waals surface area contributed by atoms with Crippen molar-refractivity contribution in [3.8, 4) is 0 Å². The lowest BCUT2D eigenvalue weighted by atomic mass is 9.70. The molecule has 9 nitrogen and oxygen atoms in total. The second kappa shape index (κ2) is 9.95. The zero-order chi connectivity index (χ0) is 25.2. The molecule has 0 unspecified atom stereocenters. The van der Waals surface area contributed by atoms with Crippen molar-refractivity contribution in [3.05, 3.63) is 66.2 Å². The Morgan fingerprint density at radius 3 is 2.73 bits per heavy atom. The van der Waals surface area contributed by atoms with Crippen molar-refractivity contribution >= 4 is 23.7 Å². The number of aromatic nitrogens is 4. The molecule has 4 aliphatic rings. The molecule has 0 atom stereocenters. The van der Waals surface area contributed by atoms with E-state index in [4.69, 9.17) is 9.72 Å². The van der Waals surface area contributed by atoms with Crippen molar-refractivity contribution in [3.63, 3.8) is 0 Å². The molecule has 4 fully saturated rings. The summed E-state index contributed by atoms with van der Waals surface area (Å²) in [4.78, 5) is 34.8. The molecule has 1 aromatic carbocycles. The van der Waals surface area contributed by atoms with E-state index < -0.39 is 0 Å². The highest BCUT2D eigenvalue weighted by Gasteiger charge is 2.56. The largest absolute Gasteiger partial charge is 0.445 e. The molecule has 2 saturated carbocycles. The number of carbonyl (C=O) groups is 1. The summed E-state index contributed by atoms with van der Waals surface area (Å²) >= 11 is 0. The maximum atomic E-state index is 12.6. The molecule has 1 N–H and O–H groups in total. The van der Waals surface area contributed by atoms with Crippen molar-refractivity contribution in [1.29, 1.82) is 0 Å². The number of anilines is 3. The number of rotatable bonds is 8. The quantitative estimate of drug-likeness (QED) is 0.467. The molecule has 1 amide bonds. The van der Waals surface area contributed by atoms with Crippen LogP contribution in [-0.2, 0) is 11.3 Å². The summed E-state index contributed by atoms with van der Waals surface area (Å²) in [6, 6.07) is 14.1. The first-order valence-electron chi connectivity index (χ1n) is 13.2. The first kappa shape index (κ1) is 23.6. The van der Waals surface area contributed by atoms with Crippen LogP contribution in [0.1, 0.15) is 55.7 Å². The summed E-state index contributed by atoms with van der Waals surface area (Å²) in [5, 5.41) is 3.35. The first-order chi connectivity index (χ1) is 18.1. The average Bonchev–Trinajstić information content (AvgIpc) is 3.64. The molecule has 192 valence electrons. The maximum absolute atomic E-state index is 12.6. The van der Waals surface area contributed by atoms with Gasteiger partial charge in [-0.1, -0.05) is 43.2 Å². The molecule has 0 spiro atoms. The van der Waals surface area contributed by atoms with E-state index in [2.05, 4.69) is 25.2 Å². The average molecular weight is 500 g/mol. The van der Waals surface area contributed by atoms with Crippen LogP contribution in [0.4, 0.5) is 22.4 Å². The standard InChI is InChI=1S/C28H33N7O2/c1-34(27(36)37-16-20-7-3-2-4-8-20)17-28-14-22(15-28)35(18-28)26-29-12-11-24(33-26)32-25-13-23(30-19-31-25)21-9-5-6-10-21/h2-4,7-8,11-13,19,21-22H,5-6,9-10,14-18H2,1H3,(H,29,30,31,32,33). The van der Waals surface area contributed by atoms with E-state index >= 15 is 0 Å². The van der Waals surface area contributed by atoms with Gasteiger partial charge < -0.3 is 19.9 Å². The molecular weight excluding hydrogens is 466 g/mol. The van der Waals surface area contributed by atoms with Gasteiger partial charge in [-0.15, -0.1) is 0 Å². The van der Waals surface area contributed by atoms with E-state index in [9.17, 15) is 4.79 Å². The number of fused-ring (bicyclic) bond motifs is 1. The van der Waals surface area contributed by atoms with Gasteiger partial charge in [-0.05, 0) is 37.3 Å². The number of hydrogen-bond donors (Lipinski definition) is 1. The van der Waals surface area contributed by atoms with Gasteiger partial charge in [0.1, 0.15) is 24.6 Å². The Morgan fingerprint density at radius 1 is 1.11 bits per heavy atom. The van der Waals surface area contributed by atoms with E-state index in [-0.39, 0.29) is 18.1 Å². The van der Waals surface area contributed by atoms with Gasteiger partial charge in [-0.2, -0.15) is 4.98 Å². The summed E-state index contributed by atoms with van der Waals surface area (Å²) < 4.78 is 5.52. The molecule has 4 heterocycles. The Morgan fingerprint density at radius 2 is 1.92 bits per heavy atom. The summed E-state index contributed by atoms with van der Waals surface area (Å²) in [6.07, 6.45) is 10.1. The molecule has 2 bridgehead atoms. The molecule has 9 heteroatoms. The van der Waals surface area contributed by atoms with Crippen molar-refractivity contribution in [2.24, 2.45) is 5.41 Å². The Hall–Kier alpha value is -3.75.